The van der Waals surface area contributed by atoms with Crippen LogP contribution in [0.2, 0.25) is 0 Å². The zero-order valence-electron chi connectivity index (χ0n) is 26.8. The lowest BCUT2D eigenvalue weighted by Gasteiger charge is -2.22. The summed E-state index contributed by atoms with van der Waals surface area (Å²) in [6, 6.07) is -0.566. The number of carbonyl (C=O) groups is 1. The minimum absolute atomic E-state index is 0.0925. The van der Waals surface area contributed by atoms with Gasteiger partial charge in [-0.3, -0.25) is 4.79 Å². The van der Waals surface area contributed by atoms with Gasteiger partial charge in [0.25, 0.3) is 0 Å². The molecule has 236 valence electrons. The highest BCUT2D eigenvalue weighted by atomic mass is 16.3. The number of carbonyl (C=O) groups excluding carboxylic acids is 1. The van der Waals surface area contributed by atoms with Crippen molar-refractivity contribution in [3.63, 3.8) is 0 Å². The third-order valence-corrected chi connectivity index (χ3v) is 7.29. The third kappa shape index (κ3) is 29.4. The zero-order valence-corrected chi connectivity index (χ0v) is 26.8. The van der Waals surface area contributed by atoms with Crippen LogP contribution in [0.25, 0.3) is 0 Å². The Balaban J connectivity index is 3.75. The van der Waals surface area contributed by atoms with E-state index < -0.39 is 12.1 Å². The summed E-state index contributed by atoms with van der Waals surface area (Å²) in [5.41, 5.74) is 0. The molecule has 41 heavy (non-hydrogen) atoms. The van der Waals surface area contributed by atoms with Gasteiger partial charge in [0, 0.05) is 6.42 Å². The summed E-state index contributed by atoms with van der Waals surface area (Å²) >= 11 is 0. The Morgan fingerprint density at radius 2 is 1.05 bits per heavy atom. The molecule has 2 atom stereocenters. The van der Waals surface area contributed by atoms with Gasteiger partial charge in [-0.15, -0.1) is 0 Å². The Labute approximate surface area is 254 Å². The van der Waals surface area contributed by atoms with Crippen molar-refractivity contribution in [3.05, 3.63) is 60.8 Å². The lowest BCUT2D eigenvalue weighted by Crippen LogP contribution is -2.45. The van der Waals surface area contributed by atoms with E-state index in [0.717, 1.165) is 57.8 Å². The van der Waals surface area contributed by atoms with E-state index in [1.165, 1.54) is 64.2 Å². The number of aliphatic hydroxyl groups is 2. The van der Waals surface area contributed by atoms with Gasteiger partial charge in [0.15, 0.2) is 0 Å². The van der Waals surface area contributed by atoms with E-state index in [9.17, 15) is 15.0 Å². The Kier molecular flexibility index (Phi) is 31.1. The molecule has 0 aliphatic carbocycles. The van der Waals surface area contributed by atoms with E-state index in [4.69, 9.17) is 0 Å². The first-order chi connectivity index (χ1) is 20.2. The first kappa shape index (κ1) is 39.1. The molecule has 0 heterocycles. The van der Waals surface area contributed by atoms with Crippen LogP contribution in [0.15, 0.2) is 60.8 Å². The van der Waals surface area contributed by atoms with Crippen LogP contribution in [0.3, 0.4) is 0 Å². The van der Waals surface area contributed by atoms with Gasteiger partial charge in [-0.05, 0) is 51.4 Å². The summed E-state index contributed by atoms with van der Waals surface area (Å²) in [6.07, 6.45) is 44.1. The van der Waals surface area contributed by atoms with E-state index in [2.05, 4.69) is 79.9 Å². The smallest absolute Gasteiger partial charge is 0.220 e. The fraction of sp³-hybridized carbons (Fsp3) is 0.703. The molecule has 0 radical (unpaired) electrons. The van der Waals surface area contributed by atoms with Crippen molar-refractivity contribution < 1.29 is 15.0 Å². The van der Waals surface area contributed by atoms with Crippen molar-refractivity contribution in [2.24, 2.45) is 0 Å². The van der Waals surface area contributed by atoms with Crippen molar-refractivity contribution in [1.82, 2.24) is 5.32 Å². The molecule has 4 nitrogen and oxygen atoms in total. The second-order valence-corrected chi connectivity index (χ2v) is 11.2. The summed E-state index contributed by atoms with van der Waals surface area (Å²) in [4.78, 5) is 12.3. The molecule has 0 saturated heterocycles. The molecule has 0 aliphatic heterocycles. The highest BCUT2D eigenvalue weighted by molar-refractivity contribution is 5.76. The standard InChI is InChI=1S/C37H65NO3/c1-3-5-7-9-11-13-15-17-18-19-20-21-23-25-27-29-31-33-37(41)38-35(34-39)36(40)32-30-28-26-24-22-16-14-12-10-8-6-4-2/h5,7,11,13,17-18,20-21,25,27,35-36,39-40H,3-4,6,8-10,12,14-16,19,22-24,26,28-34H2,1-2H3,(H,38,41)/b7-5-,13-11-,18-17-,21-20-,27-25-. The molecule has 0 rings (SSSR count). The molecule has 3 N–H and O–H groups in total. The number of nitrogens with one attached hydrogen (secondary N) is 1. The van der Waals surface area contributed by atoms with Crippen molar-refractivity contribution in [2.75, 3.05) is 6.61 Å². The first-order valence-corrected chi connectivity index (χ1v) is 17.0. The average molecular weight is 572 g/mol. The van der Waals surface area contributed by atoms with Crippen LogP contribution in [0, 0.1) is 0 Å². The maximum Gasteiger partial charge on any atom is 0.220 e. The summed E-state index contributed by atoms with van der Waals surface area (Å²) in [5, 5.41) is 22.9. The van der Waals surface area contributed by atoms with Crippen LogP contribution in [-0.2, 0) is 4.79 Å². The predicted molar refractivity (Wildman–Crippen MR) is 179 cm³/mol. The molecule has 0 spiro atoms. The lowest BCUT2D eigenvalue weighted by molar-refractivity contribution is -0.123. The number of unbranched alkanes of at least 4 members (excludes halogenated alkanes) is 12. The predicted octanol–water partition coefficient (Wildman–Crippen LogP) is 9.84. The van der Waals surface area contributed by atoms with Crippen LogP contribution >= 0.6 is 0 Å². The van der Waals surface area contributed by atoms with Gasteiger partial charge in [0.05, 0.1) is 18.8 Å². The maximum atomic E-state index is 12.3. The molecular weight excluding hydrogens is 506 g/mol. The van der Waals surface area contributed by atoms with Gasteiger partial charge >= 0.3 is 0 Å². The highest BCUT2D eigenvalue weighted by Gasteiger charge is 2.19. The number of amides is 1. The van der Waals surface area contributed by atoms with Gasteiger partial charge in [0.2, 0.25) is 5.91 Å². The van der Waals surface area contributed by atoms with Crippen molar-refractivity contribution in [1.29, 1.82) is 0 Å². The zero-order chi connectivity index (χ0) is 30.1. The van der Waals surface area contributed by atoms with E-state index in [1.54, 1.807) is 0 Å². The quantitative estimate of drug-likeness (QED) is 0.0618. The number of hydrogen-bond acceptors (Lipinski definition) is 3. The number of rotatable bonds is 29. The minimum atomic E-state index is -0.682. The van der Waals surface area contributed by atoms with Crippen molar-refractivity contribution in [2.45, 2.75) is 161 Å². The van der Waals surface area contributed by atoms with Crippen LogP contribution in [0.4, 0.5) is 0 Å². The van der Waals surface area contributed by atoms with Crippen LogP contribution in [-0.4, -0.2) is 34.9 Å². The summed E-state index contributed by atoms with van der Waals surface area (Å²) in [6.45, 7) is 4.19. The molecule has 1 amide bonds. The average Bonchev–Trinajstić information content (AvgIpc) is 2.97. The number of allylic oxidation sites excluding steroid dienone is 10. The van der Waals surface area contributed by atoms with E-state index in [0.29, 0.717) is 12.8 Å². The molecule has 0 saturated carbocycles. The van der Waals surface area contributed by atoms with E-state index in [-0.39, 0.29) is 12.5 Å². The Morgan fingerprint density at radius 3 is 1.51 bits per heavy atom. The Morgan fingerprint density at radius 1 is 0.610 bits per heavy atom. The molecule has 0 aromatic carbocycles. The van der Waals surface area contributed by atoms with Crippen LogP contribution < -0.4 is 5.32 Å². The molecule has 0 fully saturated rings. The molecule has 0 aliphatic rings. The molecular formula is C37H65NO3. The van der Waals surface area contributed by atoms with Gasteiger partial charge in [-0.25, -0.2) is 0 Å². The summed E-state index contributed by atoms with van der Waals surface area (Å²) < 4.78 is 0. The molecule has 0 aromatic rings. The SMILES string of the molecule is CC/C=C\C/C=C\C/C=C\C/C=C\C/C=C\CCCC(=O)NC(CO)C(O)CCCCCCCCCCCCCC. The highest BCUT2D eigenvalue weighted by Crippen LogP contribution is 2.14. The van der Waals surface area contributed by atoms with Crippen LogP contribution in [0.5, 0.6) is 0 Å². The van der Waals surface area contributed by atoms with Crippen LogP contribution in [0.1, 0.15) is 149 Å². The summed E-state index contributed by atoms with van der Waals surface area (Å²) in [7, 11) is 0. The molecule has 2 unspecified atom stereocenters. The second-order valence-electron chi connectivity index (χ2n) is 11.2. The Bertz CT molecular complexity index is 707. The lowest BCUT2D eigenvalue weighted by atomic mass is 10.0. The van der Waals surface area contributed by atoms with Gasteiger partial charge in [-0.1, -0.05) is 152 Å². The van der Waals surface area contributed by atoms with Crippen molar-refractivity contribution >= 4 is 5.91 Å². The minimum Gasteiger partial charge on any atom is -0.394 e. The largest absolute Gasteiger partial charge is 0.394 e. The fourth-order valence-corrected chi connectivity index (χ4v) is 4.69. The maximum absolute atomic E-state index is 12.3. The monoisotopic (exact) mass is 571 g/mol. The fourth-order valence-electron chi connectivity index (χ4n) is 4.69. The molecule has 0 aromatic heterocycles. The molecule has 0 bridgehead atoms. The Hall–Kier alpha value is -1.91. The number of aliphatic hydroxyl groups excluding tert-OH is 2. The van der Waals surface area contributed by atoms with Crippen molar-refractivity contribution in [3.8, 4) is 0 Å². The topological polar surface area (TPSA) is 69.6 Å². The summed E-state index contributed by atoms with van der Waals surface area (Å²) in [5.74, 6) is -0.0925. The van der Waals surface area contributed by atoms with E-state index >= 15 is 0 Å². The van der Waals surface area contributed by atoms with Gasteiger partial charge < -0.3 is 15.5 Å². The first-order valence-electron chi connectivity index (χ1n) is 17.0. The van der Waals surface area contributed by atoms with Gasteiger partial charge in [0.1, 0.15) is 0 Å². The molecule has 4 heteroatoms. The third-order valence-electron chi connectivity index (χ3n) is 7.29. The number of hydrogen-bond donors (Lipinski definition) is 3. The normalized spacial score (nSPS) is 14.0. The van der Waals surface area contributed by atoms with Gasteiger partial charge in [-0.2, -0.15) is 0 Å². The van der Waals surface area contributed by atoms with E-state index in [1.807, 2.05) is 0 Å². The second kappa shape index (κ2) is 32.6.